The summed E-state index contributed by atoms with van der Waals surface area (Å²) in [5.74, 6) is 0.881. The van der Waals surface area contributed by atoms with Crippen LogP contribution in [0.5, 0.6) is 0 Å². The van der Waals surface area contributed by atoms with E-state index in [0.29, 0.717) is 5.54 Å². The molecule has 0 amide bonds. The van der Waals surface area contributed by atoms with Gasteiger partial charge in [-0.15, -0.1) is 0 Å². The third-order valence-corrected chi connectivity index (χ3v) is 5.35. The van der Waals surface area contributed by atoms with E-state index in [0.717, 1.165) is 25.6 Å². The van der Waals surface area contributed by atoms with Crippen molar-refractivity contribution in [2.75, 3.05) is 13.1 Å². The number of hydrogen-bond acceptors (Lipinski definition) is 2. The van der Waals surface area contributed by atoms with E-state index >= 15 is 0 Å². The molecule has 2 aliphatic rings. The molecule has 1 aliphatic heterocycles. The van der Waals surface area contributed by atoms with E-state index in [1.807, 2.05) is 0 Å². The Kier molecular flexibility index (Phi) is 3.66. The van der Waals surface area contributed by atoms with Gasteiger partial charge in [-0.1, -0.05) is 29.3 Å². The van der Waals surface area contributed by atoms with Crippen LogP contribution in [-0.4, -0.2) is 29.1 Å². The second-order valence-corrected chi connectivity index (χ2v) is 8.22. The number of nitrogens with zero attached hydrogens (tertiary/aromatic N) is 1. The van der Waals surface area contributed by atoms with Crippen molar-refractivity contribution >= 4 is 0 Å². The van der Waals surface area contributed by atoms with E-state index in [-0.39, 0.29) is 5.54 Å². The quantitative estimate of drug-likeness (QED) is 0.912. The topological polar surface area (TPSA) is 15.3 Å². The Morgan fingerprint density at radius 3 is 2.29 bits per heavy atom. The number of nitrogens with one attached hydrogen (secondary N) is 1. The number of hydrogen-bond donors (Lipinski definition) is 1. The molecule has 1 atom stereocenters. The summed E-state index contributed by atoms with van der Waals surface area (Å²) in [4.78, 5) is 2.75. The van der Waals surface area contributed by atoms with Crippen molar-refractivity contribution in [3.05, 3.63) is 34.9 Å². The number of rotatable bonds is 3. The molecule has 1 N–H and O–H groups in total. The summed E-state index contributed by atoms with van der Waals surface area (Å²) < 4.78 is 0. The summed E-state index contributed by atoms with van der Waals surface area (Å²) in [6.45, 7) is 14.9. The summed E-state index contributed by atoms with van der Waals surface area (Å²) in [6.07, 6.45) is 2.81. The second kappa shape index (κ2) is 5.10. The lowest BCUT2D eigenvalue weighted by Gasteiger charge is -2.52. The third kappa shape index (κ3) is 3.17. The molecule has 116 valence electrons. The van der Waals surface area contributed by atoms with Crippen LogP contribution in [0.1, 0.15) is 50.3 Å². The van der Waals surface area contributed by atoms with Crippen molar-refractivity contribution in [3.8, 4) is 0 Å². The van der Waals surface area contributed by atoms with Gasteiger partial charge >= 0.3 is 0 Å². The van der Waals surface area contributed by atoms with Crippen molar-refractivity contribution in [3.63, 3.8) is 0 Å². The molecule has 0 spiro atoms. The van der Waals surface area contributed by atoms with Crippen LogP contribution in [0.15, 0.2) is 18.2 Å². The molecule has 0 radical (unpaired) electrons. The number of benzene rings is 1. The van der Waals surface area contributed by atoms with E-state index < -0.39 is 0 Å². The van der Waals surface area contributed by atoms with Crippen LogP contribution in [0, 0.1) is 19.8 Å². The lowest BCUT2D eigenvalue weighted by atomic mass is 9.85. The highest BCUT2D eigenvalue weighted by Gasteiger charge is 2.49. The maximum absolute atomic E-state index is 3.77. The fraction of sp³-hybridized carbons (Fsp3) is 0.684. The van der Waals surface area contributed by atoms with Crippen molar-refractivity contribution in [1.29, 1.82) is 0 Å². The van der Waals surface area contributed by atoms with Gasteiger partial charge in [0.05, 0.1) is 0 Å². The summed E-state index contributed by atoms with van der Waals surface area (Å²) in [5, 5.41) is 3.77. The Labute approximate surface area is 129 Å². The molecule has 1 saturated heterocycles. The molecule has 1 saturated carbocycles. The zero-order valence-electron chi connectivity index (χ0n) is 14.3. The van der Waals surface area contributed by atoms with E-state index in [1.54, 1.807) is 0 Å². The van der Waals surface area contributed by atoms with Gasteiger partial charge in [0, 0.05) is 30.7 Å². The largest absolute Gasteiger partial charge is 0.309 e. The van der Waals surface area contributed by atoms with Crippen molar-refractivity contribution < 1.29 is 0 Å². The Hall–Kier alpha value is -0.860. The number of piperazine rings is 1. The van der Waals surface area contributed by atoms with E-state index in [9.17, 15) is 0 Å². The maximum Gasteiger partial charge on any atom is 0.0338 e. The van der Waals surface area contributed by atoms with Gasteiger partial charge in [-0.3, -0.25) is 4.90 Å². The first-order chi connectivity index (χ1) is 9.78. The van der Waals surface area contributed by atoms with Gasteiger partial charge in [0.1, 0.15) is 0 Å². The zero-order chi connectivity index (χ0) is 15.3. The minimum absolute atomic E-state index is 0.216. The van der Waals surface area contributed by atoms with E-state index in [1.165, 1.54) is 29.5 Å². The van der Waals surface area contributed by atoms with Gasteiger partial charge in [-0.2, -0.15) is 0 Å². The fourth-order valence-corrected chi connectivity index (χ4v) is 3.97. The molecule has 2 fully saturated rings. The van der Waals surface area contributed by atoms with Crippen LogP contribution in [0.25, 0.3) is 0 Å². The first kappa shape index (κ1) is 15.1. The zero-order valence-corrected chi connectivity index (χ0v) is 14.3. The number of aryl methyl sites for hydroxylation is 2. The molecule has 0 aromatic heterocycles. The van der Waals surface area contributed by atoms with Crippen LogP contribution >= 0.6 is 0 Å². The molecule has 0 bridgehead atoms. The highest BCUT2D eigenvalue weighted by molar-refractivity contribution is 5.29. The lowest BCUT2D eigenvalue weighted by Crippen LogP contribution is -2.67. The third-order valence-electron chi connectivity index (χ3n) is 5.35. The average molecular weight is 286 g/mol. The van der Waals surface area contributed by atoms with Gasteiger partial charge < -0.3 is 5.32 Å². The summed E-state index contributed by atoms with van der Waals surface area (Å²) in [7, 11) is 0. The highest BCUT2D eigenvalue weighted by atomic mass is 15.3. The Bertz CT molecular complexity index is 510. The molecule has 2 heteroatoms. The Morgan fingerprint density at radius 2 is 1.71 bits per heavy atom. The smallest absolute Gasteiger partial charge is 0.0338 e. The molecule has 3 rings (SSSR count). The summed E-state index contributed by atoms with van der Waals surface area (Å²) in [5.41, 5.74) is 4.78. The van der Waals surface area contributed by atoms with Crippen molar-refractivity contribution in [2.45, 2.75) is 65.1 Å². The molecule has 21 heavy (non-hydrogen) atoms. The van der Waals surface area contributed by atoms with E-state index in [4.69, 9.17) is 0 Å². The molecule has 1 unspecified atom stereocenters. The molecule has 1 aromatic carbocycles. The highest BCUT2D eigenvalue weighted by Crippen LogP contribution is 2.45. The minimum Gasteiger partial charge on any atom is -0.309 e. The first-order valence-electron chi connectivity index (χ1n) is 8.36. The summed E-state index contributed by atoms with van der Waals surface area (Å²) in [6, 6.07) is 6.98. The van der Waals surface area contributed by atoms with Gasteiger partial charge in [-0.25, -0.2) is 0 Å². The fourth-order valence-electron chi connectivity index (χ4n) is 3.97. The molecule has 1 heterocycles. The minimum atomic E-state index is 0.216. The van der Waals surface area contributed by atoms with Gasteiger partial charge in [0.15, 0.2) is 0 Å². The Morgan fingerprint density at radius 1 is 1.10 bits per heavy atom. The lowest BCUT2D eigenvalue weighted by molar-refractivity contribution is 0.00519. The van der Waals surface area contributed by atoms with Crippen molar-refractivity contribution in [2.24, 2.45) is 5.92 Å². The average Bonchev–Trinajstić information content (AvgIpc) is 3.17. The standard InChI is InChI=1S/C19H30N2/c1-14-8-15(2)10-16(9-14)11-21-13-18(3,4)20-12-19(21,5)17-6-7-17/h8-10,17,20H,6-7,11-13H2,1-5H3. The molecule has 1 aliphatic carbocycles. The van der Waals surface area contributed by atoms with Crippen LogP contribution in [0.2, 0.25) is 0 Å². The molecular weight excluding hydrogens is 256 g/mol. The predicted octanol–water partition coefficient (Wildman–Crippen LogP) is 3.66. The SMILES string of the molecule is Cc1cc(C)cc(CN2CC(C)(C)NCC2(C)C2CC2)c1. The van der Waals surface area contributed by atoms with E-state index in [2.05, 4.69) is 63.0 Å². The maximum atomic E-state index is 3.77. The molecule has 1 aromatic rings. The second-order valence-electron chi connectivity index (χ2n) is 8.22. The predicted molar refractivity (Wildman–Crippen MR) is 89.5 cm³/mol. The normalized spacial score (nSPS) is 29.6. The Balaban J connectivity index is 1.85. The van der Waals surface area contributed by atoms with Crippen LogP contribution in [0.4, 0.5) is 0 Å². The van der Waals surface area contributed by atoms with Gasteiger partial charge in [0.2, 0.25) is 0 Å². The summed E-state index contributed by atoms with van der Waals surface area (Å²) >= 11 is 0. The van der Waals surface area contributed by atoms with Crippen LogP contribution in [0.3, 0.4) is 0 Å². The molecular formula is C19H30N2. The monoisotopic (exact) mass is 286 g/mol. The van der Waals surface area contributed by atoms with Crippen LogP contribution in [-0.2, 0) is 6.54 Å². The van der Waals surface area contributed by atoms with Crippen molar-refractivity contribution in [1.82, 2.24) is 10.2 Å². The van der Waals surface area contributed by atoms with Crippen LogP contribution < -0.4 is 5.32 Å². The molecule has 2 nitrogen and oxygen atoms in total. The first-order valence-corrected chi connectivity index (χ1v) is 8.36. The van der Waals surface area contributed by atoms with Gasteiger partial charge in [-0.05, 0) is 58.9 Å². The van der Waals surface area contributed by atoms with Gasteiger partial charge in [0.25, 0.3) is 0 Å².